The van der Waals surface area contributed by atoms with Crippen LogP contribution in [0.3, 0.4) is 0 Å². The van der Waals surface area contributed by atoms with Gasteiger partial charge in [0.1, 0.15) is 0 Å². The number of benzene rings is 1. The van der Waals surface area contributed by atoms with Gasteiger partial charge < -0.3 is 10.6 Å². The summed E-state index contributed by atoms with van der Waals surface area (Å²) in [4.78, 5) is 24.1. The zero-order valence-corrected chi connectivity index (χ0v) is 12.5. The second-order valence-electron chi connectivity index (χ2n) is 4.87. The lowest BCUT2D eigenvalue weighted by Crippen LogP contribution is -2.45. The molecule has 2 unspecified atom stereocenters. The molecule has 0 spiro atoms. The van der Waals surface area contributed by atoms with Crippen LogP contribution in [0.2, 0.25) is 0 Å². The smallest absolute Gasteiger partial charge is 0.289 e. The number of carbonyl (C=O) groups is 2. The highest BCUT2D eigenvalue weighted by Crippen LogP contribution is 2.11. The van der Waals surface area contributed by atoms with Gasteiger partial charge in [0.05, 0.1) is 12.1 Å². The Hall–Kier alpha value is -1.68. The Kier molecular flexibility index (Phi) is 6.94. The van der Waals surface area contributed by atoms with Crippen LogP contribution >= 0.6 is 0 Å². The van der Waals surface area contributed by atoms with Gasteiger partial charge in [-0.2, -0.15) is 0 Å². The van der Waals surface area contributed by atoms with Gasteiger partial charge in [-0.25, -0.2) is 0 Å². The topological polar surface area (TPSA) is 58.2 Å². The Balaban J connectivity index is 2.62. The van der Waals surface area contributed by atoms with Gasteiger partial charge in [0.15, 0.2) is 0 Å². The van der Waals surface area contributed by atoms with Crippen molar-refractivity contribution in [2.24, 2.45) is 0 Å². The summed E-state index contributed by atoms with van der Waals surface area (Å²) < 4.78 is 0. The fraction of sp³-hybridized carbons (Fsp3) is 0.500. The molecule has 0 aliphatic rings. The number of ketones is 1. The van der Waals surface area contributed by atoms with Gasteiger partial charge in [-0.3, -0.25) is 9.59 Å². The first-order chi connectivity index (χ1) is 9.60. The average Bonchev–Trinajstić information content (AvgIpc) is 2.47. The second-order valence-corrected chi connectivity index (χ2v) is 4.87. The number of likely N-dealkylation sites (N-methyl/N-ethyl adjacent to an activating group) is 1. The largest absolute Gasteiger partial charge is 0.343 e. The molecule has 1 amide bonds. The van der Waals surface area contributed by atoms with E-state index in [1.807, 2.05) is 51.1 Å². The van der Waals surface area contributed by atoms with Gasteiger partial charge >= 0.3 is 0 Å². The Morgan fingerprint density at radius 1 is 1.15 bits per heavy atom. The van der Waals surface area contributed by atoms with E-state index in [0.717, 1.165) is 12.0 Å². The summed E-state index contributed by atoms with van der Waals surface area (Å²) >= 11 is 0. The first-order valence-corrected chi connectivity index (χ1v) is 7.23. The van der Waals surface area contributed by atoms with E-state index >= 15 is 0 Å². The van der Waals surface area contributed by atoms with Crippen LogP contribution in [0.5, 0.6) is 0 Å². The van der Waals surface area contributed by atoms with Crippen LogP contribution in [0.1, 0.15) is 45.2 Å². The minimum absolute atomic E-state index is 0.170. The molecule has 4 nitrogen and oxygen atoms in total. The van der Waals surface area contributed by atoms with E-state index in [2.05, 4.69) is 10.6 Å². The quantitative estimate of drug-likeness (QED) is 0.716. The Bertz CT molecular complexity index is 425. The molecule has 0 saturated heterocycles. The summed E-state index contributed by atoms with van der Waals surface area (Å²) in [6, 6.07) is 9.07. The third-order valence-electron chi connectivity index (χ3n) is 3.22. The summed E-state index contributed by atoms with van der Waals surface area (Å²) in [7, 11) is 0. The molecule has 0 fully saturated rings. The molecule has 0 saturated carbocycles. The van der Waals surface area contributed by atoms with Crippen molar-refractivity contribution in [2.45, 2.75) is 45.7 Å². The van der Waals surface area contributed by atoms with Crippen molar-refractivity contribution >= 4 is 11.7 Å². The Morgan fingerprint density at radius 3 is 2.35 bits per heavy atom. The fourth-order valence-corrected chi connectivity index (χ4v) is 2.11. The second kappa shape index (κ2) is 8.48. The molecule has 0 aromatic heterocycles. The van der Waals surface area contributed by atoms with Crippen molar-refractivity contribution in [1.82, 2.24) is 10.6 Å². The molecule has 0 aliphatic carbocycles. The highest BCUT2D eigenvalue weighted by Gasteiger charge is 2.24. The summed E-state index contributed by atoms with van der Waals surface area (Å²) in [5.74, 6) is -0.891. The molecule has 1 aromatic rings. The van der Waals surface area contributed by atoms with Gasteiger partial charge in [-0.15, -0.1) is 0 Å². The van der Waals surface area contributed by atoms with E-state index in [-0.39, 0.29) is 17.9 Å². The number of hydrogen-bond donors (Lipinski definition) is 2. The number of carbonyl (C=O) groups excluding carboxylic acids is 2. The van der Waals surface area contributed by atoms with Gasteiger partial charge in [-0.05, 0) is 25.5 Å². The van der Waals surface area contributed by atoms with Crippen LogP contribution in [0, 0.1) is 0 Å². The van der Waals surface area contributed by atoms with E-state index in [0.29, 0.717) is 13.0 Å². The van der Waals surface area contributed by atoms with E-state index in [4.69, 9.17) is 0 Å². The molecule has 2 N–H and O–H groups in total. The maximum atomic E-state index is 12.1. The molecule has 110 valence electrons. The van der Waals surface area contributed by atoms with Crippen LogP contribution in [0.4, 0.5) is 0 Å². The van der Waals surface area contributed by atoms with E-state index in [1.165, 1.54) is 0 Å². The zero-order chi connectivity index (χ0) is 15.0. The average molecular weight is 276 g/mol. The number of Topliss-reactive ketones (excluding diaryl/α,β-unsaturated/α-hetero) is 1. The third kappa shape index (κ3) is 4.78. The number of hydrogen-bond acceptors (Lipinski definition) is 3. The highest BCUT2D eigenvalue weighted by molar-refractivity contribution is 6.38. The summed E-state index contributed by atoms with van der Waals surface area (Å²) in [5, 5.41) is 5.83. The highest BCUT2D eigenvalue weighted by atomic mass is 16.2. The first kappa shape index (κ1) is 16.4. The van der Waals surface area contributed by atoms with E-state index in [1.54, 1.807) is 0 Å². The normalized spacial score (nSPS) is 13.6. The molecule has 2 atom stereocenters. The molecule has 0 radical (unpaired) electrons. The Morgan fingerprint density at radius 2 is 1.80 bits per heavy atom. The maximum absolute atomic E-state index is 12.1. The maximum Gasteiger partial charge on any atom is 0.289 e. The van der Waals surface area contributed by atoms with Gasteiger partial charge in [0.2, 0.25) is 5.78 Å². The minimum atomic E-state index is -0.513. The van der Waals surface area contributed by atoms with Crippen molar-refractivity contribution in [3.05, 3.63) is 35.9 Å². The summed E-state index contributed by atoms with van der Waals surface area (Å²) in [5.41, 5.74) is 0.990. The van der Waals surface area contributed by atoms with E-state index < -0.39 is 5.91 Å². The molecule has 0 aliphatic heterocycles. The van der Waals surface area contributed by atoms with Gasteiger partial charge in [0, 0.05) is 0 Å². The van der Waals surface area contributed by atoms with Crippen molar-refractivity contribution in [3.8, 4) is 0 Å². The SMILES string of the molecule is CCCC(NCC)C(=O)C(=O)NC(C)c1ccccc1. The van der Waals surface area contributed by atoms with Crippen LogP contribution in [0.25, 0.3) is 0 Å². The van der Waals surface area contributed by atoms with Crippen LogP contribution < -0.4 is 10.6 Å². The molecular weight excluding hydrogens is 252 g/mol. The molecule has 4 heteroatoms. The standard InChI is InChI=1S/C16H24N2O2/c1-4-9-14(17-5-2)15(19)16(20)18-12(3)13-10-7-6-8-11-13/h6-8,10-12,14,17H,4-5,9H2,1-3H3,(H,18,20). The number of nitrogens with one attached hydrogen (secondary N) is 2. The predicted molar refractivity (Wildman–Crippen MR) is 80.4 cm³/mol. The van der Waals surface area contributed by atoms with Gasteiger partial charge in [0.25, 0.3) is 5.91 Å². The van der Waals surface area contributed by atoms with Gasteiger partial charge in [-0.1, -0.05) is 50.6 Å². The first-order valence-electron chi connectivity index (χ1n) is 7.23. The van der Waals surface area contributed by atoms with Crippen LogP contribution in [-0.4, -0.2) is 24.3 Å². The minimum Gasteiger partial charge on any atom is -0.343 e. The number of amides is 1. The lowest BCUT2D eigenvalue weighted by Gasteiger charge is -2.18. The van der Waals surface area contributed by atoms with Crippen molar-refractivity contribution in [2.75, 3.05) is 6.54 Å². The fourth-order valence-electron chi connectivity index (χ4n) is 2.11. The number of rotatable bonds is 8. The summed E-state index contributed by atoms with van der Waals surface area (Å²) in [6.07, 6.45) is 1.55. The molecule has 1 rings (SSSR count). The van der Waals surface area contributed by atoms with Crippen LogP contribution in [-0.2, 0) is 9.59 Å². The molecule has 0 heterocycles. The zero-order valence-electron chi connectivity index (χ0n) is 12.5. The third-order valence-corrected chi connectivity index (χ3v) is 3.22. The lowest BCUT2D eigenvalue weighted by molar-refractivity contribution is -0.139. The van der Waals surface area contributed by atoms with E-state index in [9.17, 15) is 9.59 Å². The molecule has 0 bridgehead atoms. The molecular formula is C16H24N2O2. The summed E-state index contributed by atoms with van der Waals surface area (Å²) in [6.45, 7) is 6.49. The molecule has 20 heavy (non-hydrogen) atoms. The lowest BCUT2D eigenvalue weighted by atomic mass is 10.0. The van der Waals surface area contributed by atoms with Crippen LogP contribution in [0.15, 0.2) is 30.3 Å². The Labute approximate surface area is 121 Å². The predicted octanol–water partition coefficient (Wildman–Crippen LogP) is 2.21. The monoisotopic (exact) mass is 276 g/mol. The van der Waals surface area contributed by atoms with Crippen molar-refractivity contribution in [3.63, 3.8) is 0 Å². The van der Waals surface area contributed by atoms with Crippen molar-refractivity contribution in [1.29, 1.82) is 0 Å². The molecule has 1 aromatic carbocycles. The van der Waals surface area contributed by atoms with Crippen molar-refractivity contribution < 1.29 is 9.59 Å².